The molecule has 2 N–H and O–H groups in total. The molecule has 4 heteroatoms. The van der Waals surface area contributed by atoms with E-state index in [1.165, 1.54) is 6.92 Å². The third-order valence-corrected chi connectivity index (χ3v) is 1.87. The molecule has 1 rings (SSSR count). The molecule has 0 aromatic carbocycles. The summed E-state index contributed by atoms with van der Waals surface area (Å²) in [5, 5.41) is 5.29. The highest BCUT2D eigenvalue weighted by Gasteiger charge is 2.23. The number of hydrogen-bond acceptors (Lipinski definition) is 2. The van der Waals surface area contributed by atoms with Gasteiger partial charge in [-0.3, -0.25) is 4.79 Å². The minimum absolute atomic E-state index is 0.0269. The van der Waals surface area contributed by atoms with Crippen LogP contribution >= 0.6 is 0 Å². The van der Waals surface area contributed by atoms with E-state index in [9.17, 15) is 9.59 Å². The number of carbonyl (C=O) groups is 2. The van der Waals surface area contributed by atoms with E-state index < -0.39 is 0 Å². The second-order valence-corrected chi connectivity index (χ2v) is 3.22. The Hall–Kier alpha value is -1.06. The van der Waals surface area contributed by atoms with E-state index in [1.807, 2.05) is 0 Å². The van der Waals surface area contributed by atoms with E-state index in [-0.39, 0.29) is 17.9 Å². The van der Waals surface area contributed by atoms with Crippen LogP contribution in [0.4, 0.5) is 4.79 Å². The third-order valence-electron chi connectivity index (χ3n) is 1.87. The fraction of sp³-hybridized carbons (Fsp3) is 0.750. The number of Topliss-reactive ketones (excluding diaryl/α,β-unsaturated/α-hetero) is 1. The molecule has 0 bridgehead atoms. The van der Waals surface area contributed by atoms with Crippen molar-refractivity contribution >= 4 is 11.8 Å². The van der Waals surface area contributed by atoms with E-state index in [1.54, 1.807) is 6.92 Å². The second-order valence-electron chi connectivity index (χ2n) is 3.22. The summed E-state index contributed by atoms with van der Waals surface area (Å²) in [6.45, 7) is 3.14. The Bertz CT molecular complexity index is 199. The van der Waals surface area contributed by atoms with Crippen molar-refractivity contribution in [3.8, 4) is 0 Å². The molecule has 0 heterocycles. The molecule has 0 aliphatic heterocycles. The van der Waals surface area contributed by atoms with Gasteiger partial charge in [0.25, 0.3) is 0 Å². The zero-order chi connectivity index (χ0) is 9.14. The lowest BCUT2D eigenvalue weighted by Crippen LogP contribution is -2.44. The highest BCUT2D eigenvalue weighted by molar-refractivity contribution is 5.86. The van der Waals surface area contributed by atoms with E-state index in [0.29, 0.717) is 6.04 Å². The summed E-state index contributed by atoms with van der Waals surface area (Å²) < 4.78 is 0. The average Bonchev–Trinajstić information content (AvgIpc) is 2.71. The van der Waals surface area contributed by atoms with Crippen molar-refractivity contribution in [2.45, 2.75) is 38.8 Å². The second kappa shape index (κ2) is 3.56. The molecule has 68 valence electrons. The van der Waals surface area contributed by atoms with Crippen LogP contribution in [0, 0.1) is 0 Å². The van der Waals surface area contributed by atoms with Gasteiger partial charge in [-0.25, -0.2) is 4.79 Å². The standard InChI is InChI=1S/C8H14N2O2/c1-5(6(2)11)9-8(12)10-7-3-4-7/h5,7H,3-4H2,1-2H3,(H2,9,10,12). The lowest BCUT2D eigenvalue weighted by Gasteiger charge is -2.10. The van der Waals surface area contributed by atoms with E-state index in [4.69, 9.17) is 0 Å². The first kappa shape index (κ1) is 9.03. The van der Waals surface area contributed by atoms with Crippen LogP contribution in [-0.2, 0) is 4.79 Å². The van der Waals surface area contributed by atoms with Crippen molar-refractivity contribution in [1.82, 2.24) is 10.6 Å². The van der Waals surface area contributed by atoms with Crippen LogP contribution < -0.4 is 10.6 Å². The van der Waals surface area contributed by atoms with Crippen molar-refractivity contribution in [3.05, 3.63) is 0 Å². The van der Waals surface area contributed by atoms with Crippen LogP contribution in [0.25, 0.3) is 0 Å². The number of carbonyl (C=O) groups excluding carboxylic acids is 2. The molecule has 1 atom stereocenters. The average molecular weight is 170 g/mol. The number of nitrogens with one attached hydrogen (secondary N) is 2. The van der Waals surface area contributed by atoms with Gasteiger partial charge in [0.15, 0.2) is 5.78 Å². The van der Waals surface area contributed by atoms with E-state index in [0.717, 1.165) is 12.8 Å². The molecule has 0 spiro atoms. The Kier molecular flexibility index (Phi) is 2.68. The highest BCUT2D eigenvalue weighted by atomic mass is 16.2. The largest absolute Gasteiger partial charge is 0.335 e. The monoisotopic (exact) mass is 170 g/mol. The summed E-state index contributed by atoms with van der Waals surface area (Å²) in [6, 6.07) is -0.284. The first-order chi connectivity index (χ1) is 5.59. The smallest absolute Gasteiger partial charge is 0.315 e. The molecule has 1 aliphatic carbocycles. The minimum atomic E-state index is -0.385. The van der Waals surface area contributed by atoms with Gasteiger partial charge in [0.05, 0.1) is 6.04 Å². The molecule has 2 amide bonds. The van der Waals surface area contributed by atoms with Crippen molar-refractivity contribution in [2.24, 2.45) is 0 Å². The fourth-order valence-electron chi connectivity index (χ4n) is 0.753. The van der Waals surface area contributed by atoms with Crippen molar-refractivity contribution < 1.29 is 9.59 Å². The summed E-state index contributed by atoms with van der Waals surface area (Å²) in [5.74, 6) is -0.0269. The van der Waals surface area contributed by atoms with E-state index >= 15 is 0 Å². The van der Waals surface area contributed by atoms with Gasteiger partial charge in [-0.2, -0.15) is 0 Å². The molecule has 1 fully saturated rings. The minimum Gasteiger partial charge on any atom is -0.335 e. The molecule has 1 aliphatic rings. The molecule has 12 heavy (non-hydrogen) atoms. The Morgan fingerprint density at radius 2 is 2.00 bits per heavy atom. The Morgan fingerprint density at radius 3 is 2.42 bits per heavy atom. The van der Waals surface area contributed by atoms with Crippen LogP contribution in [0.2, 0.25) is 0 Å². The van der Waals surface area contributed by atoms with Gasteiger partial charge in [0.1, 0.15) is 0 Å². The quantitative estimate of drug-likeness (QED) is 0.645. The van der Waals surface area contributed by atoms with Gasteiger partial charge < -0.3 is 10.6 Å². The Morgan fingerprint density at radius 1 is 1.42 bits per heavy atom. The van der Waals surface area contributed by atoms with Gasteiger partial charge in [-0.05, 0) is 26.7 Å². The zero-order valence-electron chi connectivity index (χ0n) is 7.39. The first-order valence-corrected chi connectivity index (χ1v) is 4.17. The van der Waals surface area contributed by atoms with Crippen molar-refractivity contribution in [2.75, 3.05) is 0 Å². The summed E-state index contributed by atoms with van der Waals surface area (Å²) >= 11 is 0. The molecule has 4 nitrogen and oxygen atoms in total. The predicted molar refractivity (Wildman–Crippen MR) is 44.8 cm³/mol. The van der Waals surface area contributed by atoms with Crippen LogP contribution in [0.3, 0.4) is 0 Å². The summed E-state index contributed by atoms with van der Waals surface area (Å²) in [5.41, 5.74) is 0. The number of rotatable bonds is 3. The van der Waals surface area contributed by atoms with Crippen molar-refractivity contribution in [3.63, 3.8) is 0 Å². The third kappa shape index (κ3) is 2.90. The first-order valence-electron chi connectivity index (χ1n) is 4.17. The summed E-state index contributed by atoms with van der Waals surface area (Å²) in [4.78, 5) is 21.8. The lowest BCUT2D eigenvalue weighted by molar-refractivity contribution is -0.118. The maximum atomic E-state index is 11.0. The molecule has 0 aromatic heterocycles. The van der Waals surface area contributed by atoms with Gasteiger partial charge in [0, 0.05) is 6.04 Å². The predicted octanol–water partition coefficient (Wildman–Crippen LogP) is 0.426. The fourth-order valence-corrected chi connectivity index (χ4v) is 0.753. The molecule has 1 saturated carbocycles. The van der Waals surface area contributed by atoms with Crippen molar-refractivity contribution in [1.29, 1.82) is 0 Å². The molecule has 0 radical (unpaired) electrons. The maximum absolute atomic E-state index is 11.0. The van der Waals surface area contributed by atoms with E-state index in [2.05, 4.69) is 10.6 Å². The van der Waals surface area contributed by atoms with Gasteiger partial charge in [-0.15, -0.1) is 0 Å². The molecule has 0 saturated heterocycles. The molecular formula is C8H14N2O2. The van der Waals surface area contributed by atoms with Crippen LogP contribution in [-0.4, -0.2) is 23.9 Å². The Balaban J connectivity index is 2.19. The summed E-state index contributed by atoms with van der Waals surface area (Å²) in [6.07, 6.45) is 2.11. The normalized spacial score (nSPS) is 18.2. The molecular weight excluding hydrogens is 156 g/mol. The maximum Gasteiger partial charge on any atom is 0.315 e. The molecule has 0 aromatic rings. The van der Waals surface area contributed by atoms with Gasteiger partial charge >= 0.3 is 6.03 Å². The van der Waals surface area contributed by atoms with Crippen LogP contribution in [0.15, 0.2) is 0 Å². The van der Waals surface area contributed by atoms with Gasteiger partial charge in [0.2, 0.25) is 0 Å². The lowest BCUT2D eigenvalue weighted by atomic mass is 10.2. The number of ketones is 1. The number of hydrogen-bond donors (Lipinski definition) is 2. The number of amides is 2. The van der Waals surface area contributed by atoms with Crippen LogP contribution in [0.1, 0.15) is 26.7 Å². The topological polar surface area (TPSA) is 58.2 Å². The zero-order valence-corrected chi connectivity index (χ0v) is 7.39. The molecule has 1 unspecified atom stereocenters. The highest BCUT2D eigenvalue weighted by Crippen LogP contribution is 2.18. The van der Waals surface area contributed by atoms with Gasteiger partial charge in [-0.1, -0.05) is 0 Å². The number of urea groups is 1. The summed E-state index contributed by atoms with van der Waals surface area (Å²) in [7, 11) is 0. The van der Waals surface area contributed by atoms with Crippen LogP contribution in [0.5, 0.6) is 0 Å². The SMILES string of the molecule is CC(=O)C(C)NC(=O)NC1CC1. The Labute approximate surface area is 71.7 Å².